The number of hydrogen-bond acceptors (Lipinski definition) is 4. The molecule has 2 rings (SSSR count). The number of nitrogens with one attached hydrogen (secondary N) is 1. The van der Waals surface area contributed by atoms with Crippen LogP contribution in [0.4, 0.5) is 4.79 Å². The highest BCUT2D eigenvalue weighted by Gasteiger charge is 2.30. The third-order valence-electron chi connectivity index (χ3n) is 3.42. The smallest absolute Gasteiger partial charge is 0.317 e. The second-order valence-corrected chi connectivity index (χ2v) is 5.60. The van der Waals surface area contributed by atoms with Gasteiger partial charge in [0, 0.05) is 31.9 Å². The second kappa shape index (κ2) is 7.11. The van der Waals surface area contributed by atoms with Crippen molar-refractivity contribution in [2.75, 3.05) is 13.1 Å². The van der Waals surface area contributed by atoms with E-state index in [-0.39, 0.29) is 18.7 Å². The zero-order valence-corrected chi connectivity index (χ0v) is 12.8. The Morgan fingerprint density at radius 1 is 1.55 bits per heavy atom. The van der Waals surface area contributed by atoms with Crippen LogP contribution in [0.3, 0.4) is 0 Å². The molecule has 7 nitrogen and oxygen atoms in total. The zero-order valence-electron chi connectivity index (χ0n) is 12.8. The summed E-state index contributed by atoms with van der Waals surface area (Å²) in [6.45, 7) is 4.93. The molecule has 0 bridgehead atoms. The lowest BCUT2D eigenvalue weighted by Gasteiger charge is -2.17. The lowest BCUT2D eigenvalue weighted by molar-refractivity contribution is -0.141. The van der Waals surface area contributed by atoms with Gasteiger partial charge in [-0.1, -0.05) is 0 Å². The summed E-state index contributed by atoms with van der Waals surface area (Å²) >= 11 is 0. The van der Waals surface area contributed by atoms with Gasteiger partial charge < -0.3 is 20.1 Å². The molecule has 0 radical (unpaired) electrons. The SMILES string of the molecule is CC(C)Oc1cc(CNC(=O)N2CCC(C(=O)O)C2)ccn1. The maximum Gasteiger partial charge on any atom is 0.317 e. The van der Waals surface area contributed by atoms with Crippen LogP contribution >= 0.6 is 0 Å². The Labute approximate surface area is 129 Å². The van der Waals surface area contributed by atoms with E-state index in [1.54, 1.807) is 18.3 Å². The molecular weight excluding hydrogens is 286 g/mol. The number of carbonyl (C=O) groups is 2. The number of aliphatic carboxylic acids is 1. The molecule has 2 heterocycles. The first-order valence-electron chi connectivity index (χ1n) is 7.33. The van der Waals surface area contributed by atoms with Crippen molar-refractivity contribution >= 4 is 12.0 Å². The molecule has 0 aliphatic carbocycles. The van der Waals surface area contributed by atoms with Gasteiger partial charge in [-0.05, 0) is 31.9 Å². The largest absolute Gasteiger partial charge is 0.481 e. The van der Waals surface area contributed by atoms with Gasteiger partial charge in [0.2, 0.25) is 5.88 Å². The number of carboxylic acid groups (broad SMARTS) is 1. The van der Waals surface area contributed by atoms with Crippen LogP contribution in [0.1, 0.15) is 25.8 Å². The molecule has 1 aromatic heterocycles. The normalized spacial score (nSPS) is 17.6. The van der Waals surface area contributed by atoms with Gasteiger partial charge in [-0.25, -0.2) is 9.78 Å². The lowest BCUT2D eigenvalue weighted by Crippen LogP contribution is -2.38. The van der Waals surface area contributed by atoms with Gasteiger partial charge in [0.05, 0.1) is 12.0 Å². The van der Waals surface area contributed by atoms with Gasteiger partial charge >= 0.3 is 12.0 Å². The van der Waals surface area contributed by atoms with Crippen molar-refractivity contribution in [2.24, 2.45) is 5.92 Å². The molecule has 1 aliphatic rings. The van der Waals surface area contributed by atoms with Crippen LogP contribution < -0.4 is 10.1 Å². The van der Waals surface area contributed by atoms with E-state index in [1.807, 2.05) is 13.8 Å². The Bertz CT molecular complexity index is 547. The van der Waals surface area contributed by atoms with Crippen LogP contribution in [0.25, 0.3) is 0 Å². The number of nitrogens with zero attached hydrogens (tertiary/aromatic N) is 2. The van der Waals surface area contributed by atoms with E-state index < -0.39 is 11.9 Å². The maximum atomic E-state index is 12.0. The van der Waals surface area contributed by atoms with E-state index >= 15 is 0 Å². The van der Waals surface area contributed by atoms with Crippen LogP contribution in [-0.2, 0) is 11.3 Å². The molecule has 1 fully saturated rings. The number of hydrogen-bond donors (Lipinski definition) is 2. The molecule has 1 aliphatic heterocycles. The molecule has 22 heavy (non-hydrogen) atoms. The number of aromatic nitrogens is 1. The number of likely N-dealkylation sites (tertiary alicyclic amines) is 1. The Hall–Kier alpha value is -2.31. The summed E-state index contributed by atoms with van der Waals surface area (Å²) in [5.74, 6) is -0.786. The van der Waals surface area contributed by atoms with Crippen molar-refractivity contribution in [2.45, 2.75) is 32.9 Å². The molecule has 0 spiro atoms. The first kappa shape index (κ1) is 16.1. The fraction of sp³-hybridized carbons (Fsp3) is 0.533. The Morgan fingerprint density at radius 2 is 2.32 bits per heavy atom. The summed E-state index contributed by atoms with van der Waals surface area (Å²) in [5, 5.41) is 11.7. The predicted molar refractivity (Wildman–Crippen MR) is 79.6 cm³/mol. The van der Waals surface area contributed by atoms with Crippen molar-refractivity contribution in [3.05, 3.63) is 23.9 Å². The maximum absolute atomic E-state index is 12.0. The van der Waals surface area contributed by atoms with E-state index in [2.05, 4.69) is 10.3 Å². The third kappa shape index (κ3) is 4.34. The van der Waals surface area contributed by atoms with Crippen molar-refractivity contribution in [3.63, 3.8) is 0 Å². The van der Waals surface area contributed by atoms with Crippen LogP contribution in [0.15, 0.2) is 18.3 Å². The predicted octanol–water partition coefficient (Wildman–Crippen LogP) is 1.48. The van der Waals surface area contributed by atoms with E-state index in [9.17, 15) is 9.59 Å². The van der Waals surface area contributed by atoms with Gasteiger partial charge in [-0.15, -0.1) is 0 Å². The first-order valence-corrected chi connectivity index (χ1v) is 7.33. The lowest BCUT2D eigenvalue weighted by atomic mass is 10.1. The molecule has 1 unspecified atom stereocenters. The molecule has 2 amide bonds. The molecule has 1 saturated heterocycles. The fourth-order valence-corrected chi connectivity index (χ4v) is 2.30. The molecule has 7 heteroatoms. The standard InChI is InChI=1S/C15H21N3O4/c1-10(2)22-13-7-11(3-5-16-13)8-17-15(21)18-6-4-12(9-18)14(19)20/h3,5,7,10,12H,4,6,8-9H2,1-2H3,(H,17,21)(H,19,20). The first-order chi connectivity index (χ1) is 10.5. The molecule has 0 saturated carbocycles. The highest BCUT2D eigenvalue weighted by molar-refractivity contribution is 5.77. The number of pyridine rings is 1. The highest BCUT2D eigenvalue weighted by atomic mass is 16.5. The van der Waals surface area contributed by atoms with E-state index in [4.69, 9.17) is 9.84 Å². The summed E-state index contributed by atoms with van der Waals surface area (Å²) in [7, 11) is 0. The number of carboxylic acids is 1. The van der Waals surface area contributed by atoms with Crippen molar-refractivity contribution < 1.29 is 19.4 Å². The van der Waals surface area contributed by atoms with Crippen LogP contribution in [0, 0.1) is 5.92 Å². The minimum Gasteiger partial charge on any atom is -0.481 e. The summed E-state index contributed by atoms with van der Waals surface area (Å²) in [6, 6.07) is 3.34. The Morgan fingerprint density at radius 3 is 2.95 bits per heavy atom. The quantitative estimate of drug-likeness (QED) is 0.860. The van der Waals surface area contributed by atoms with Crippen LogP contribution in [0.2, 0.25) is 0 Å². The van der Waals surface area contributed by atoms with E-state index in [0.29, 0.717) is 25.4 Å². The number of amides is 2. The van der Waals surface area contributed by atoms with E-state index in [1.165, 1.54) is 4.90 Å². The number of ether oxygens (including phenoxy) is 1. The van der Waals surface area contributed by atoms with Crippen molar-refractivity contribution in [1.29, 1.82) is 0 Å². The molecule has 1 aromatic rings. The minimum absolute atomic E-state index is 0.0369. The number of urea groups is 1. The van der Waals surface area contributed by atoms with Gasteiger partial charge in [0.1, 0.15) is 0 Å². The van der Waals surface area contributed by atoms with Gasteiger partial charge in [-0.2, -0.15) is 0 Å². The van der Waals surface area contributed by atoms with Gasteiger partial charge in [-0.3, -0.25) is 4.79 Å². The molecule has 0 aromatic carbocycles. The Kier molecular flexibility index (Phi) is 5.19. The van der Waals surface area contributed by atoms with Crippen molar-refractivity contribution in [3.8, 4) is 5.88 Å². The van der Waals surface area contributed by atoms with Gasteiger partial charge in [0.15, 0.2) is 0 Å². The summed E-state index contributed by atoms with van der Waals surface area (Å²) in [4.78, 5) is 28.6. The summed E-state index contributed by atoms with van der Waals surface area (Å²) in [5.41, 5.74) is 0.882. The van der Waals surface area contributed by atoms with Gasteiger partial charge in [0.25, 0.3) is 0 Å². The topological polar surface area (TPSA) is 91.8 Å². The van der Waals surface area contributed by atoms with Crippen LogP contribution in [-0.4, -0.2) is 46.2 Å². The summed E-state index contributed by atoms with van der Waals surface area (Å²) in [6.07, 6.45) is 2.18. The fourth-order valence-electron chi connectivity index (χ4n) is 2.30. The third-order valence-corrected chi connectivity index (χ3v) is 3.42. The van der Waals surface area contributed by atoms with Crippen molar-refractivity contribution in [1.82, 2.24) is 15.2 Å². The average molecular weight is 307 g/mol. The zero-order chi connectivity index (χ0) is 16.1. The number of carbonyl (C=O) groups excluding carboxylic acids is 1. The molecular formula is C15H21N3O4. The average Bonchev–Trinajstić information content (AvgIpc) is 2.94. The summed E-state index contributed by atoms with van der Waals surface area (Å²) < 4.78 is 5.50. The number of rotatable bonds is 5. The monoisotopic (exact) mass is 307 g/mol. The molecule has 1 atom stereocenters. The molecule has 120 valence electrons. The Balaban J connectivity index is 1.85. The molecule has 2 N–H and O–H groups in total. The highest BCUT2D eigenvalue weighted by Crippen LogP contribution is 2.16. The van der Waals surface area contributed by atoms with Crippen LogP contribution in [0.5, 0.6) is 5.88 Å². The van der Waals surface area contributed by atoms with E-state index in [0.717, 1.165) is 5.56 Å². The second-order valence-electron chi connectivity index (χ2n) is 5.60. The minimum atomic E-state index is -0.847.